The van der Waals surface area contributed by atoms with Gasteiger partial charge >= 0.3 is 0 Å². The number of hydrogen-bond donors (Lipinski definition) is 0. The maximum absolute atomic E-state index is 14.1. The number of carbonyl (C=O) groups is 1. The average Bonchev–Trinajstić information content (AvgIpc) is 3.31. The molecule has 1 amide bonds. The third-order valence-corrected chi connectivity index (χ3v) is 5.82. The van der Waals surface area contributed by atoms with E-state index in [1.165, 1.54) is 17.4 Å². The highest BCUT2D eigenvalue weighted by Crippen LogP contribution is 2.31. The van der Waals surface area contributed by atoms with Crippen molar-refractivity contribution in [3.05, 3.63) is 59.4 Å². The summed E-state index contributed by atoms with van der Waals surface area (Å²) in [5.41, 5.74) is 2.43. The summed E-state index contributed by atoms with van der Waals surface area (Å²) in [5.74, 6) is -0.410. The number of benzene rings is 2. The lowest BCUT2D eigenvalue weighted by Crippen LogP contribution is -2.38. The zero-order valence-electron chi connectivity index (χ0n) is 15.2. The van der Waals surface area contributed by atoms with Gasteiger partial charge in [-0.3, -0.25) is 9.69 Å². The number of anilines is 1. The van der Waals surface area contributed by atoms with E-state index in [-0.39, 0.29) is 24.2 Å². The summed E-state index contributed by atoms with van der Waals surface area (Å²) < 4.78 is 20.5. The van der Waals surface area contributed by atoms with E-state index < -0.39 is 0 Å². The highest BCUT2D eigenvalue weighted by atomic mass is 32.1. The second kappa shape index (κ2) is 7.74. The van der Waals surface area contributed by atoms with Crippen molar-refractivity contribution in [1.29, 1.82) is 0 Å². The molecule has 27 heavy (non-hydrogen) atoms. The molecule has 1 fully saturated rings. The number of ether oxygens (including phenoxy) is 1. The first-order valence-electron chi connectivity index (χ1n) is 9.13. The molecule has 1 saturated heterocycles. The maximum Gasteiger partial charge on any atom is 0.233 e. The smallest absolute Gasteiger partial charge is 0.233 e. The van der Waals surface area contributed by atoms with E-state index in [1.54, 1.807) is 11.0 Å². The average molecular weight is 384 g/mol. The highest BCUT2D eigenvalue weighted by Gasteiger charge is 2.26. The molecule has 6 heteroatoms. The van der Waals surface area contributed by atoms with E-state index in [9.17, 15) is 9.18 Å². The van der Waals surface area contributed by atoms with Crippen molar-refractivity contribution >= 4 is 32.6 Å². The molecule has 1 unspecified atom stereocenters. The van der Waals surface area contributed by atoms with Crippen LogP contribution in [0.15, 0.2) is 42.5 Å². The standard InChI is InChI=1S/C21H21FN2O2S/c1-14-7-9-15(10-8-14)12-19(25)24(13-16-4-3-11-26-16)21-23-20-17(22)5-2-6-18(20)27-21/h2,5-10,16H,3-4,11-13H2,1H3. The molecular formula is C21H21FN2O2S. The van der Waals surface area contributed by atoms with Crippen LogP contribution in [0.4, 0.5) is 9.52 Å². The molecule has 0 spiro atoms. The fourth-order valence-corrected chi connectivity index (χ4v) is 4.28. The number of halogens is 1. The van der Waals surface area contributed by atoms with E-state index in [0.717, 1.165) is 35.3 Å². The number of nitrogens with zero attached hydrogens (tertiary/aromatic N) is 2. The van der Waals surface area contributed by atoms with Crippen molar-refractivity contribution in [2.24, 2.45) is 0 Å². The van der Waals surface area contributed by atoms with Gasteiger partial charge in [-0.05, 0) is 37.5 Å². The van der Waals surface area contributed by atoms with Gasteiger partial charge < -0.3 is 4.74 Å². The Balaban J connectivity index is 1.63. The fourth-order valence-electron chi connectivity index (χ4n) is 3.27. The van der Waals surface area contributed by atoms with Crippen molar-refractivity contribution in [2.45, 2.75) is 32.3 Å². The summed E-state index contributed by atoms with van der Waals surface area (Å²) in [4.78, 5) is 19.2. The predicted octanol–water partition coefficient (Wildman–Crippen LogP) is 4.50. The van der Waals surface area contributed by atoms with E-state index in [0.29, 0.717) is 17.2 Å². The topological polar surface area (TPSA) is 42.4 Å². The molecular weight excluding hydrogens is 363 g/mol. The van der Waals surface area contributed by atoms with Gasteiger partial charge in [-0.25, -0.2) is 9.37 Å². The SMILES string of the molecule is Cc1ccc(CC(=O)N(CC2CCCO2)c2nc3c(F)cccc3s2)cc1. The Labute approximate surface area is 161 Å². The number of rotatable bonds is 5. The first-order chi connectivity index (χ1) is 13.1. The summed E-state index contributed by atoms with van der Waals surface area (Å²) >= 11 is 1.34. The van der Waals surface area contributed by atoms with Gasteiger partial charge in [0.1, 0.15) is 11.3 Å². The maximum atomic E-state index is 14.1. The summed E-state index contributed by atoms with van der Waals surface area (Å²) in [6.45, 7) is 3.19. The molecule has 4 rings (SSSR count). The minimum atomic E-state index is -0.363. The number of para-hydroxylation sites is 1. The second-order valence-corrected chi connectivity index (χ2v) is 7.89. The Kier molecular flexibility index (Phi) is 5.18. The van der Waals surface area contributed by atoms with Crippen LogP contribution in [0, 0.1) is 12.7 Å². The Morgan fingerprint density at radius 3 is 2.81 bits per heavy atom. The van der Waals surface area contributed by atoms with Crippen molar-refractivity contribution in [3.8, 4) is 0 Å². The van der Waals surface area contributed by atoms with E-state index >= 15 is 0 Å². The number of hydrogen-bond acceptors (Lipinski definition) is 4. The molecule has 4 nitrogen and oxygen atoms in total. The molecule has 1 aromatic heterocycles. The van der Waals surface area contributed by atoms with Crippen LogP contribution in [0.5, 0.6) is 0 Å². The van der Waals surface area contributed by atoms with Crippen molar-refractivity contribution in [1.82, 2.24) is 4.98 Å². The van der Waals surface area contributed by atoms with Crippen LogP contribution in [0.25, 0.3) is 10.2 Å². The predicted molar refractivity (Wildman–Crippen MR) is 106 cm³/mol. The third-order valence-electron chi connectivity index (χ3n) is 4.78. The number of amides is 1. The first-order valence-corrected chi connectivity index (χ1v) is 9.94. The van der Waals surface area contributed by atoms with Gasteiger partial charge in [0.05, 0.1) is 23.8 Å². The van der Waals surface area contributed by atoms with Crippen LogP contribution in [0.3, 0.4) is 0 Å². The summed E-state index contributed by atoms with van der Waals surface area (Å²) in [6, 6.07) is 12.8. The Morgan fingerprint density at radius 1 is 1.30 bits per heavy atom. The number of carbonyl (C=O) groups excluding carboxylic acids is 1. The lowest BCUT2D eigenvalue weighted by Gasteiger charge is -2.23. The molecule has 0 aliphatic carbocycles. The van der Waals surface area contributed by atoms with Gasteiger partial charge in [0.15, 0.2) is 5.13 Å². The number of thiazole rings is 1. The molecule has 3 aromatic rings. The number of aryl methyl sites for hydroxylation is 1. The van der Waals surface area contributed by atoms with Crippen LogP contribution in [0.2, 0.25) is 0 Å². The number of aromatic nitrogens is 1. The molecule has 1 aliphatic heterocycles. The summed E-state index contributed by atoms with van der Waals surface area (Å²) in [7, 11) is 0. The van der Waals surface area contributed by atoms with Crippen LogP contribution >= 0.6 is 11.3 Å². The molecule has 0 N–H and O–H groups in total. The molecule has 0 saturated carbocycles. The van der Waals surface area contributed by atoms with Gasteiger partial charge in [0.2, 0.25) is 5.91 Å². The minimum absolute atomic E-state index is 0.00354. The monoisotopic (exact) mass is 384 g/mol. The third kappa shape index (κ3) is 4.01. The van der Waals surface area contributed by atoms with Gasteiger partial charge in [0.25, 0.3) is 0 Å². The van der Waals surface area contributed by atoms with Gasteiger partial charge in [-0.2, -0.15) is 0 Å². The second-order valence-electron chi connectivity index (χ2n) is 6.88. The van der Waals surface area contributed by atoms with Crippen molar-refractivity contribution in [2.75, 3.05) is 18.1 Å². The van der Waals surface area contributed by atoms with Gasteiger partial charge in [0, 0.05) is 6.61 Å². The van der Waals surface area contributed by atoms with Gasteiger partial charge in [-0.1, -0.05) is 47.2 Å². The molecule has 1 atom stereocenters. The highest BCUT2D eigenvalue weighted by molar-refractivity contribution is 7.22. The molecule has 1 aliphatic rings. The van der Waals surface area contributed by atoms with E-state index in [4.69, 9.17) is 4.74 Å². The first kappa shape index (κ1) is 18.1. The van der Waals surface area contributed by atoms with Crippen LogP contribution in [-0.4, -0.2) is 30.1 Å². The van der Waals surface area contributed by atoms with E-state index in [1.807, 2.05) is 37.3 Å². The summed E-state index contributed by atoms with van der Waals surface area (Å²) in [5, 5.41) is 0.530. The largest absolute Gasteiger partial charge is 0.376 e. The normalized spacial score (nSPS) is 16.7. The molecule has 0 radical (unpaired) electrons. The summed E-state index contributed by atoms with van der Waals surface area (Å²) in [6.07, 6.45) is 2.21. The zero-order chi connectivity index (χ0) is 18.8. The Bertz CT molecular complexity index is 948. The molecule has 140 valence electrons. The molecule has 2 heterocycles. The van der Waals surface area contributed by atoms with Crippen LogP contribution < -0.4 is 4.90 Å². The van der Waals surface area contributed by atoms with Crippen LogP contribution in [0.1, 0.15) is 24.0 Å². The van der Waals surface area contributed by atoms with Gasteiger partial charge in [-0.15, -0.1) is 0 Å². The molecule has 2 aromatic carbocycles. The lowest BCUT2D eigenvalue weighted by atomic mass is 10.1. The lowest BCUT2D eigenvalue weighted by molar-refractivity contribution is -0.118. The number of fused-ring (bicyclic) bond motifs is 1. The Morgan fingerprint density at radius 2 is 2.11 bits per heavy atom. The van der Waals surface area contributed by atoms with Crippen molar-refractivity contribution in [3.63, 3.8) is 0 Å². The van der Waals surface area contributed by atoms with E-state index in [2.05, 4.69) is 4.98 Å². The van der Waals surface area contributed by atoms with Crippen molar-refractivity contribution < 1.29 is 13.9 Å². The minimum Gasteiger partial charge on any atom is -0.376 e. The Hall–Kier alpha value is -2.31. The molecule has 0 bridgehead atoms. The fraction of sp³-hybridized carbons (Fsp3) is 0.333. The zero-order valence-corrected chi connectivity index (χ0v) is 16.0. The van der Waals surface area contributed by atoms with Crippen LogP contribution in [-0.2, 0) is 16.0 Å². The quantitative estimate of drug-likeness (QED) is 0.650.